The van der Waals surface area contributed by atoms with E-state index in [9.17, 15) is 0 Å². The number of benzene rings is 1. The van der Waals surface area contributed by atoms with E-state index in [2.05, 4.69) is 52.7 Å². The summed E-state index contributed by atoms with van der Waals surface area (Å²) >= 11 is 4.67. The molecule has 1 fully saturated rings. The van der Waals surface area contributed by atoms with Gasteiger partial charge in [-0.05, 0) is 30.6 Å². The highest BCUT2D eigenvalue weighted by molar-refractivity contribution is 7.78. The highest BCUT2D eigenvalue weighted by atomic mass is 32.1. The van der Waals surface area contributed by atoms with Crippen LogP contribution in [0.15, 0.2) is 35.3 Å². The molecule has 0 radical (unpaired) electrons. The van der Waals surface area contributed by atoms with Crippen molar-refractivity contribution in [1.29, 1.82) is 0 Å². The molecule has 1 aromatic rings. The molecule has 1 nitrogen and oxygen atoms in total. The zero-order valence-corrected chi connectivity index (χ0v) is 8.83. The number of isothiocyanates is 1. The Hall–Kier alpha value is -0.980. The van der Waals surface area contributed by atoms with E-state index in [1.807, 2.05) is 0 Å². The number of rotatable bonds is 2. The third-order valence-corrected chi connectivity index (χ3v) is 3.03. The number of hydrogen-bond donors (Lipinski definition) is 0. The lowest BCUT2D eigenvalue weighted by atomic mass is 9.95. The van der Waals surface area contributed by atoms with Crippen molar-refractivity contribution in [3.8, 4) is 0 Å². The highest BCUT2D eigenvalue weighted by Crippen LogP contribution is 2.36. The summed E-state index contributed by atoms with van der Waals surface area (Å²) in [6.45, 7) is 0. The zero-order valence-electron chi connectivity index (χ0n) is 8.02. The van der Waals surface area contributed by atoms with Crippen LogP contribution in [-0.4, -0.2) is 11.2 Å². The molecule has 14 heavy (non-hydrogen) atoms. The Morgan fingerprint density at radius 1 is 1.21 bits per heavy atom. The highest BCUT2D eigenvalue weighted by Gasteiger charge is 2.27. The van der Waals surface area contributed by atoms with Crippen molar-refractivity contribution in [1.82, 2.24) is 0 Å². The molecule has 72 valence electrons. The fourth-order valence-corrected chi connectivity index (χ4v) is 2.39. The van der Waals surface area contributed by atoms with Gasteiger partial charge in [-0.2, -0.15) is 0 Å². The second kappa shape index (κ2) is 4.50. The Balaban J connectivity index is 2.21. The maximum Gasteiger partial charge on any atom is 0.0671 e. The summed E-state index contributed by atoms with van der Waals surface area (Å²) in [5, 5.41) is 2.52. The molecule has 0 saturated heterocycles. The zero-order chi connectivity index (χ0) is 9.80. The van der Waals surface area contributed by atoms with Gasteiger partial charge in [0.05, 0.1) is 11.2 Å². The summed E-state index contributed by atoms with van der Waals surface area (Å²) in [4.78, 5) is 4.25. The summed E-state index contributed by atoms with van der Waals surface area (Å²) in [5.74, 6) is 0.562. The number of aliphatic imine (C=N–C) groups is 1. The smallest absolute Gasteiger partial charge is 0.0671 e. The van der Waals surface area contributed by atoms with Gasteiger partial charge in [-0.1, -0.05) is 36.8 Å². The van der Waals surface area contributed by atoms with Crippen LogP contribution in [-0.2, 0) is 0 Å². The van der Waals surface area contributed by atoms with Gasteiger partial charge in [0.15, 0.2) is 0 Å². The van der Waals surface area contributed by atoms with E-state index >= 15 is 0 Å². The van der Waals surface area contributed by atoms with E-state index in [0.29, 0.717) is 12.0 Å². The first-order chi connectivity index (χ1) is 6.92. The maximum atomic E-state index is 4.67. The molecular weight excluding hydrogens is 190 g/mol. The van der Waals surface area contributed by atoms with Crippen LogP contribution < -0.4 is 0 Å². The third-order valence-electron chi connectivity index (χ3n) is 2.93. The van der Waals surface area contributed by atoms with E-state index in [1.165, 1.54) is 18.4 Å². The summed E-state index contributed by atoms with van der Waals surface area (Å²) in [6, 6.07) is 11.0. The van der Waals surface area contributed by atoms with Crippen molar-refractivity contribution in [2.45, 2.75) is 31.2 Å². The lowest BCUT2D eigenvalue weighted by Gasteiger charge is -2.14. The van der Waals surface area contributed by atoms with E-state index in [4.69, 9.17) is 0 Å². The molecule has 0 amide bonds. The summed E-state index contributed by atoms with van der Waals surface area (Å²) < 4.78 is 0. The van der Waals surface area contributed by atoms with E-state index < -0.39 is 0 Å². The van der Waals surface area contributed by atoms with Gasteiger partial charge in [0, 0.05) is 5.92 Å². The van der Waals surface area contributed by atoms with Crippen molar-refractivity contribution in [3.63, 3.8) is 0 Å². The molecule has 1 aromatic carbocycles. The molecule has 0 spiro atoms. The SMILES string of the molecule is S=C=NC1CCCC1c1ccccc1. The van der Waals surface area contributed by atoms with E-state index in [1.54, 1.807) is 0 Å². The van der Waals surface area contributed by atoms with Crippen LogP contribution in [0.4, 0.5) is 0 Å². The molecule has 1 aliphatic carbocycles. The molecule has 2 unspecified atom stereocenters. The molecule has 2 atom stereocenters. The monoisotopic (exact) mass is 203 g/mol. The molecule has 1 saturated carbocycles. The number of thiocarbonyl (C=S) groups is 1. The fraction of sp³-hybridized carbons (Fsp3) is 0.417. The molecule has 0 N–H and O–H groups in total. The quantitative estimate of drug-likeness (QED) is 0.530. The molecule has 2 heteroatoms. The van der Waals surface area contributed by atoms with Crippen molar-refractivity contribution in [2.24, 2.45) is 4.99 Å². The molecule has 1 aliphatic rings. The van der Waals surface area contributed by atoms with Gasteiger partial charge in [0.1, 0.15) is 0 Å². The summed E-state index contributed by atoms with van der Waals surface area (Å²) in [6.07, 6.45) is 3.64. The van der Waals surface area contributed by atoms with Gasteiger partial charge in [0.2, 0.25) is 0 Å². The molecule has 0 aromatic heterocycles. The van der Waals surface area contributed by atoms with Crippen molar-refractivity contribution >= 4 is 17.4 Å². The average molecular weight is 203 g/mol. The summed E-state index contributed by atoms with van der Waals surface area (Å²) in [7, 11) is 0. The topological polar surface area (TPSA) is 12.4 Å². The van der Waals surface area contributed by atoms with Gasteiger partial charge in [-0.25, -0.2) is 4.99 Å². The lowest BCUT2D eigenvalue weighted by Crippen LogP contribution is -2.08. The van der Waals surface area contributed by atoms with Crippen molar-refractivity contribution < 1.29 is 0 Å². The predicted molar refractivity (Wildman–Crippen MR) is 61.8 cm³/mol. The summed E-state index contributed by atoms with van der Waals surface area (Å²) in [5.41, 5.74) is 1.39. The minimum Gasteiger partial charge on any atom is -0.229 e. The van der Waals surface area contributed by atoms with E-state index in [0.717, 1.165) is 6.42 Å². The van der Waals surface area contributed by atoms with Crippen LogP contribution in [0.2, 0.25) is 0 Å². The fourth-order valence-electron chi connectivity index (χ4n) is 2.25. The normalized spacial score (nSPS) is 25.7. The predicted octanol–water partition coefficient (Wildman–Crippen LogP) is 3.43. The average Bonchev–Trinajstić information content (AvgIpc) is 2.68. The van der Waals surface area contributed by atoms with Crippen LogP contribution in [0.1, 0.15) is 30.7 Å². The van der Waals surface area contributed by atoms with Gasteiger partial charge in [-0.3, -0.25) is 0 Å². The molecule has 0 bridgehead atoms. The van der Waals surface area contributed by atoms with Gasteiger partial charge >= 0.3 is 0 Å². The van der Waals surface area contributed by atoms with Gasteiger partial charge in [-0.15, -0.1) is 0 Å². The van der Waals surface area contributed by atoms with E-state index in [-0.39, 0.29) is 0 Å². The van der Waals surface area contributed by atoms with Crippen LogP contribution >= 0.6 is 12.2 Å². The standard InChI is InChI=1S/C12H13NS/c14-9-13-12-8-4-7-11(12)10-5-2-1-3-6-10/h1-3,5-6,11-12H,4,7-8H2. The second-order valence-corrected chi connectivity index (χ2v) is 3.92. The minimum absolute atomic E-state index is 0.370. The molecule has 0 aliphatic heterocycles. The Bertz CT molecular complexity index is 341. The Morgan fingerprint density at radius 2 is 2.00 bits per heavy atom. The first kappa shape index (κ1) is 9.57. The molecule has 0 heterocycles. The minimum atomic E-state index is 0.370. The number of hydrogen-bond acceptors (Lipinski definition) is 2. The van der Waals surface area contributed by atoms with Crippen molar-refractivity contribution in [2.75, 3.05) is 0 Å². The number of nitrogens with zero attached hydrogens (tertiary/aromatic N) is 1. The van der Waals surface area contributed by atoms with Crippen LogP contribution in [0, 0.1) is 0 Å². The first-order valence-corrected chi connectivity index (χ1v) is 5.44. The second-order valence-electron chi connectivity index (χ2n) is 3.74. The maximum absolute atomic E-state index is 4.67. The van der Waals surface area contributed by atoms with Gasteiger partial charge in [0.25, 0.3) is 0 Å². The molecule has 2 rings (SSSR count). The first-order valence-electron chi connectivity index (χ1n) is 5.04. The Labute approximate surface area is 89.9 Å². The lowest BCUT2D eigenvalue weighted by molar-refractivity contribution is 0.619. The van der Waals surface area contributed by atoms with Crippen LogP contribution in [0.25, 0.3) is 0 Å². The van der Waals surface area contributed by atoms with Crippen LogP contribution in [0.5, 0.6) is 0 Å². The largest absolute Gasteiger partial charge is 0.229 e. The third kappa shape index (κ3) is 1.92. The Kier molecular flexibility index (Phi) is 3.07. The van der Waals surface area contributed by atoms with Crippen molar-refractivity contribution in [3.05, 3.63) is 35.9 Å². The van der Waals surface area contributed by atoms with Gasteiger partial charge < -0.3 is 0 Å². The Morgan fingerprint density at radius 3 is 2.71 bits per heavy atom. The van der Waals surface area contributed by atoms with Crippen LogP contribution in [0.3, 0.4) is 0 Å². The molecular formula is C12H13NS.